The number of ether oxygens (including phenoxy) is 1. The number of phenolic OH excluding ortho intramolecular Hbond substituents is 1. The molecule has 0 spiro atoms. The first-order chi connectivity index (χ1) is 17.8. The van der Waals surface area contributed by atoms with Crippen LogP contribution < -0.4 is 10.6 Å². The summed E-state index contributed by atoms with van der Waals surface area (Å²) in [6.07, 6.45) is 0.407. The first-order valence-corrected chi connectivity index (χ1v) is 12.9. The second kappa shape index (κ2) is 13.3. The average Bonchev–Trinajstić information content (AvgIpc) is 2.83. The molecule has 9 heteroatoms. The molecule has 9 nitrogen and oxygen atoms in total. The molecule has 2 atom stereocenters. The number of nitrogens with zero attached hydrogens (tertiary/aromatic N) is 1. The predicted molar refractivity (Wildman–Crippen MR) is 147 cm³/mol. The monoisotopic (exact) mass is 527 g/mol. The van der Waals surface area contributed by atoms with E-state index in [4.69, 9.17) is 4.74 Å². The molecule has 208 valence electrons. The van der Waals surface area contributed by atoms with Crippen LogP contribution in [0.2, 0.25) is 0 Å². The van der Waals surface area contributed by atoms with Crippen molar-refractivity contribution in [3.05, 3.63) is 58.7 Å². The second-order valence-corrected chi connectivity index (χ2v) is 10.4. The van der Waals surface area contributed by atoms with Gasteiger partial charge in [-0.05, 0) is 64.7 Å². The molecule has 0 aromatic heterocycles. The number of carbonyl (C=O) groups is 3. The van der Waals surface area contributed by atoms with Gasteiger partial charge in [0.15, 0.2) is 0 Å². The Bertz CT molecular complexity index is 1120. The third kappa shape index (κ3) is 7.95. The van der Waals surface area contributed by atoms with Crippen molar-refractivity contribution >= 4 is 23.6 Å². The van der Waals surface area contributed by atoms with Gasteiger partial charge in [-0.15, -0.1) is 0 Å². The molecular formula is C29H41N3O6. The number of aliphatic hydroxyl groups excluding tert-OH is 1. The summed E-state index contributed by atoms with van der Waals surface area (Å²) in [6.45, 7) is 11.9. The normalized spacial score (nSPS) is 12.8. The van der Waals surface area contributed by atoms with Crippen molar-refractivity contribution in [1.29, 1.82) is 0 Å². The minimum atomic E-state index is -1.36. The van der Waals surface area contributed by atoms with E-state index in [2.05, 4.69) is 10.6 Å². The third-order valence-electron chi connectivity index (χ3n) is 6.06. The van der Waals surface area contributed by atoms with Crippen LogP contribution in [0.4, 0.5) is 10.5 Å². The minimum absolute atomic E-state index is 0.107. The quantitative estimate of drug-likeness (QED) is 0.360. The summed E-state index contributed by atoms with van der Waals surface area (Å²) in [5.41, 5.74) is 2.28. The lowest BCUT2D eigenvalue weighted by atomic mass is 9.98. The summed E-state index contributed by atoms with van der Waals surface area (Å²) in [4.78, 5) is 41.5. The zero-order valence-corrected chi connectivity index (χ0v) is 23.4. The Balaban J connectivity index is 2.57. The molecule has 2 unspecified atom stereocenters. The van der Waals surface area contributed by atoms with Crippen LogP contribution in [0.5, 0.6) is 5.75 Å². The number of aryl methyl sites for hydroxylation is 3. The first kappa shape index (κ1) is 30.6. The third-order valence-corrected chi connectivity index (χ3v) is 6.06. The van der Waals surface area contributed by atoms with Crippen LogP contribution in [0.15, 0.2) is 36.4 Å². The largest absolute Gasteiger partial charge is 0.507 e. The second-order valence-electron chi connectivity index (χ2n) is 10.4. The molecule has 0 aliphatic carbocycles. The molecule has 0 heterocycles. The van der Waals surface area contributed by atoms with E-state index in [0.717, 1.165) is 17.5 Å². The molecule has 3 amide bonds. The SMILES string of the molecule is CCCCN(C(=O)C(CO)NC(=O)OC(C)(C)C)C(C(=O)Nc1c(C)cccc1C)c1cccc(C)c1O. The van der Waals surface area contributed by atoms with E-state index in [0.29, 0.717) is 17.7 Å². The summed E-state index contributed by atoms with van der Waals surface area (Å²) in [6, 6.07) is 8.04. The Hall–Kier alpha value is -3.59. The molecule has 0 fully saturated rings. The topological polar surface area (TPSA) is 128 Å². The fraction of sp³-hybridized carbons (Fsp3) is 0.483. The number of unbranched alkanes of at least 4 members (excludes halogenated alkanes) is 1. The smallest absolute Gasteiger partial charge is 0.408 e. The minimum Gasteiger partial charge on any atom is -0.507 e. The molecule has 2 rings (SSSR count). The lowest BCUT2D eigenvalue weighted by Gasteiger charge is -2.34. The van der Waals surface area contributed by atoms with Gasteiger partial charge in [0.05, 0.1) is 6.61 Å². The number of rotatable bonds is 10. The van der Waals surface area contributed by atoms with Crippen LogP contribution in [-0.4, -0.2) is 57.8 Å². The van der Waals surface area contributed by atoms with E-state index < -0.39 is 42.2 Å². The van der Waals surface area contributed by atoms with Gasteiger partial charge in [-0.25, -0.2) is 4.79 Å². The predicted octanol–water partition coefficient (Wildman–Crippen LogP) is 4.51. The Kier molecular flexibility index (Phi) is 10.7. The highest BCUT2D eigenvalue weighted by Crippen LogP contribution is 2.34. The molecular weight excluding hydrogens is 486 g/mol. The van der Waals surface area contributed by atoms with Crippen molar-refractivity contribution in [3.8, 4) is 5.75 Å². The number of hydrogen-bond donors (Lipinski definition) is 4. The van der Waals surface area contributed by atoms with Crippen molar-refractivity contribution in [2.75, 3.05) is 18.5 Å². The van der Waals surface area contributed by atoms with E-state index in [1.54, 1.807) is 45.9 Å². The van der Waals surface area contributed by atoms with Gasteiger partial charge in [0.25, 0.3) is 5.91 Å². The molecule has 0 aliphatic rings. The average molecular weight is 528 g/mol. The van der Waals surface area contributed by atoms with Crippen molar-refractivity contribution in [1.82, 2.24) is 10.2 Å². The lowest BCUT2D eigenvalue weighted by molar-refractivity contribution is -0.141. The number of anilines is 1. The van der Waals surface area contributed by atoms with Crippen LogP contribution >= 0.6 is 0 Å². The highest BCUT2D eigenvalue weighted by Gasteiger charge is 2.37. The van der Waals surface area contributed by atoms with E-state index in [-0.39, 0.29) is 17.9 Å². The van der Waals surface area contributed by atoms with Crippen molar-refractivity contribution in [2.45, 2.75) is 79.0 Å². The van der Waals surface area contributed by atoms with Gasteiger partial charge < -0.3 is 30.5 Å². The van der Waals surface area contributed by atoms with Crippen molar-refractivity contribution in [3.63, 3.8) is 0 Å². The molecule has 2 aromatic carbocycles. The number of nitrogens with one attached hydrogen (secondary N) is 2. The zero-order chi connectivity index (χ0) is 28.6. The number of aromatic hydroxyl groups is 1. The highest BCUT2D eigenvalue weighted by atomic mass is 16.6. The maximum Gasteiger partial charge on any atom is 0.408 e. The van der Waals surface area contributed by atoms with Crippen LogP contribution in [0, 0.1) is 20.8 Å². The number of amides is 3. The number of alkyl carbamates (subject to hydrolysis) is 1. The van der Waals surface area contributed by atoms with Gasteiger partial charge in [-0.2, -0.15) is 0 Å². The van der Waals surface area contributed by atoms with Crippen LogP contribution in [0.3, 0.4) is 0 Å². The number of benzene rings is 2. The van der Waals surface area contributed by atoms with Crippen LogP contribution in [0.1, 0.15) is 68.8 Å². The molecule has 0 radical (unpaired) electrons. The van der Waals surface area contributed by atoms with Crippen LogP contribution in [-0.2, 0) is 14.3 Å². The number of aliphatic hydroxyl groups is 1. The summed E-state index contributed by atoms with van der Waals surface area (Å²) < 4.78 is 5.26. The van der Waals surface area contributed by atoms with E-state index in [1.165, 1.54) is 4.90 Å². The molecule has 0 bridgehead atoms. The molecule has 38 heavy (non-hydrogen) atoms. The Morgan fingerprint density at radius 1 is 1.00 bits per heavy atom. The number of carbonyl (C=O) groups excluding carboxylic acids is 3. The fourth-order valence-electron chi connectivity index (χ4n) is 4.09. The van der Waals surface area contributed by atoms with Crippen LogP contribution in [0.25, 0.3) is 0 Å². The number of para-hydroxylation sites is 2. The maximum atomic E-state index is 13.9. The lowest BCUT2D eigenvalue weighted by Crippen LogP contribution is -2.54. The Labute approximate surface area is 225 Å². The van der Waals surface area contributed by atoms with E-state index in [1.807, 2.05) is 39.0 Å². The van der Waals surface area contributed by atoms with Gasteiger partial charge in [0, 0.05) is 17.8 Å². The summed E-state index contributed by atoms with van der Waals surface area (Å²) in [5, 5.41) is 26.4. The van der Waals surface area contributed by atoms with E-state index in [9.17, 15) is 24.6 Å². The van der Waals surface area contributed by atoms with Gasteiger partial charge in [-0.1, -0.05) is 49.7 Å². The first-order valence-electron chi connectivity index (χ1n) is 12.9. The highest BCUT2D eigenvalue weighted by molar-refractivity contribution is 6.00. The Morgan fingerprint density at radius 2 is 1.58 bits per heavy atom. The van der Waals surface area contributed by atoms with Crippen molar-refractivity contribution in [2.24, 2.45) is 0 Å². The summed E-state index contributed by atoms with van der Waals surface area (Å²) >= 11 is 0. The van der Waals surface area contributed by atoms with Gasteiger partial charge >= 0.3 is 6.09 Å². The molecule has 4 N–H and O–H groups in total. The Morgan fingerprint density at radius 3 is 2.13 bits per heavy atom. The molecule has 0 saturated carbocycles. The standard InChI is InChI=1S/C29H41N3O6/c1-8-9-16-32(27(36)22(17-33)30-28(37)38-29(5,6)7)24(21-15-11-14-20(4)25(21)34)26(35)31-23-18(2)12-10-13-19(23)3/h10-15,22,24,33-34H,8-9,16-17H2,1-7H3,(H,30,37)(H,31,35). The van der Waals surface area contributed by atoms with Crippen molar-refractivity contribution < 1.29 is 29.3 Å². The number of hydrogen-bond acceptors (Lipinski definition) is 6. The van der Waals surface area contributed by atoms with Gasteiger partial charge in [0.2, 0.25) is 5.91 Å². The summed E-state index contributed by atoms with van der Waals surface area (Å²) in [5.74, 6) is -1.31. The molecule has 0 saturated heterocycles. The fourth-order valence-corrected chi connectivity index (χ4v) is 4.09. The summed E-state index contributed by atoms with van der Waals surface area (Å²) in [7, 11) is 0. The van der Waals surface area contributed by atoms with Gasteiger partial charge in [0.1, 0.15) is 23.4 Å². The maximum absolute atomic E-state index is 13.9. The van der Waals surface area contributed by atoms with Gasteiger partial charge in [-0.3, -0.25) is 9.59 Å². The van der Waals surface area contributed by atoms with E-state index >= 15 is 0 Å². The number of phenols is 1. The zero-order valence-electron chi connectivity index (χ0n) is 23.4. The molecule has 2 aromatic rings. The molecule has 0 aliphatic heterocycles.